The molecule has 1 amide bonds. The summed E-state index contributed by atoms with van der Waals surface area (Å²) in [6.07, 6.45) is 0.635. The van der Waals surface area contributed by atoms with E-state index >= 15 is 0 Å². The summed E-state index contributed by atoms with van der Waals surface area (Å²) >= 11 is 0. The van der Waals surface area contributed by atoms with Gasteiger partial charge in [0.15, 0.2) is 0 Å². The summed E-state index contributed by atoms with van der Waals surface area (Å²) in [6, 6.07) is 18.4. The number of nitrogens with zero attached hydrogens (tertiary/aromatic N) is 2. The molecular weight excluding hydrogens is 386 g/mol. The summed E-state index contributed by atoms with van der Waals surface area (Å²) in [5, 5.41) is 5.71. The van der Waals surface area contributed by atoms with Crippen LogP contribution in [-0.2, 0) is 14.8 Å². The molecule has 0 saturated heterocycles. The highest BCUT2D eigenvalue weighted by Crippen LogP contribution is 2.41. The molecule has 29 heavy (non-hydrogen) atoms. The number of sulfonamides is 1. The maximum Gasteiger partial charge on any atom is 0.265 e. The Balaban J connectivity index is 1.58. The van der Waals surface area contributed by atoms with E-state index in [1.165, 1.54) is 0 Å². The van der Waals surface area contributed by atoms with E-state index in [-0.39, 0.29) is 11.4 Å². The van der Waals surface area contributed by atoms with Crippen molar-refractivity contribution in [2.45, 2.75) is 25.2 Å². The van der Waals surface area contributed by atoms with E-state index in [1.807, 2.05) is 50.2 Å². The molecule has 0 aliphatic carbocycles. The predicted octanol–water partition coefficient (Wildman–Crippen LogP) is 3.59. The fourth-order valence-electron chi connectivity index (χ4n) is 3.52. The Morgan fingerprint density at radius 1 is 1.03 bits per heavy atom. The van der Waals surface area contributed by atoms with Crippen LogP contribution in [0.3, 0.4) is 0 Å². The lowest BCUT2D eigenvalue weighted by atomic mass is 10.1. The Bertz CT molecular complexity index is 1230. The van der Waals surface area contributed by atoms with E-state index in [1.54, 1.807) is 24.3 Å². The molecule has 0 spiro atoms. The quantitative estimate of drug-likeness (QED) is 0.519. The van der Waals surface area contributed by atoms with Crippen molar-refractivity contribution < 1.29 is 13.2 Å². The van der Waals surface area contributed by atoms with Crippen LogP contribution in [0, 0.1) is 6.92 Å². The Labute approximate surface area is 169 Å². The molecule has 1 aliphatic heterocycles. The van der Waals surface area contributed by atoms with Crippen molar-refractivity contribution in [2.75, 3.05) is 10.8 Å². The van der Waals surface area contributed by atoms with Gasteiger partial charge in [-0.05, 0) is 36.4 Å². The van der Waals surface area contributed by atoms with Gasteiger partial charge in [-0.2, -0.15) is 5.10 Å². The SMILES string of the molecule is CC/C(=N/NC(=O)CN1c2cccc3cccc(c23)S1(=O)=O)c1ccc(C)cc1. The number of hydrazone groups is 1. The van der Waals surface area contributed by atoms with E-state index in [0.717, 1.165) is 26.5 Å². The smallest absolute Gasteiger partial charge is 0.265 e. The summed E-state index contributed by atoms with van der Waals surface area (Å²) < 4.78 is 27.1. The van der Waals surface area contributed by atoms with Crippen LogP contribution in [0.1, 0.15) is 24.5 Å². The molecule has 1 heterocycles. The normalized spacial score (nSPS) is 15.0. The summed E-state index contributed by atoms with van der Waals surface area (Å²) in [5.41, 5.74) is 5.82. The van der Waals surface area contributed by atoms with Gasteiger partial charge in [0, 0.05) is 5.39 Å². The van der Waals surface area contributed by atoms with Crippen molar-refractivity contribution in [1.82, 2.24) is 5.43 Å². The molecule has 4 rings (SSSR count). The monoisotopic (exact) mass is 407 g/mol. The Morgan fingerprint density at radius 3 is 2.41 bits per heavy atom. The standard InChI is InChI=1S/C22H21N3O3S/c1-3-18(16-12-10-15(2)11-13-16)23-24-21(26)14-25-19-8-4-6-17-7-5-9-20(22(17)19)29(25,27)28/h4-13H,3,14H2,1-2H3,(H,24,26)/b23-18-. The zero-order chi connectivity index (χ0) is 20.6. The highest BCUT2D eigenvalue weighted by Gasteiger charge is 2.36. The van der Waals surface area contributed by atoms with Crippen molar-refractivity contribution in [3.63, 3.8) is 0 Å². The maximum absolute atomic E-state index is 13.0. The van der Waals surface area contributed by atoms with E-state index in [0.29, 0.717) is 17.5 Å². The molecule has 0 unspecified atom stereocenters. The van der Waals surface area contributed by atoms with Gasteiger partial charge in [0.2, 0.25) is 0 Å². The minimum atomic E-state index is -3.77. The number of nitrogens with one attached hydrogen (secondary N) is 1. The van der Waals surface area contributed by atoms with Crippen LogP contribution < -0.4 is 9.73 Å². The number of aryl methyl sites for hydroxylation is 1. The fourth-order valence-corrected chi connectivity index (χ4v) is 5.18. The van der Waals surface area contributed by atoms with Gasteiger partial charge in [-0.15, -0.1) is 0 Å². The molecular formula is C22H21N3O3S. The molecule has 0 radical (unpaired) electrons. The van der Waals surface area contributed by atoms with Crippen molar-refractivity contribution in [3.8, 4) is 0 Å². The largest absolute Gasteiger partial charge is 0.271 e. The third-order valence-corrected chi connectivity index (χ3v) is 6.81. The first kappa shape index (κ1) is 19.1. The second-order valence-electron chi connectivity index (χ2n) is 6.96. The molecule has 0 saturated carbocycles. The molecule has 6 nitrogen and oxygen atoms in total. The third kappa shape index (κ3) is 3.38. The van der Waals surface area contributed by atoms with Crippen molar-refractivity contribution in [3.05, 3.63) is 71.8 Å². The van der Waals surface area contributed by atoms with Crippen LogP contribution in [-0.4, -0.2) is 26.6 Å². The van der Waals surface area contributed by atoms with Crippen LogP contribution in [0.4, 0.5) is 5.69 Å². The van der Waals surface area contributed by atoms with Gasteiger partial charge in [0.05, 0.1) is 16.3 Å². The number of carbonyl (C=O) groups is 1. The highest BCUT2D eigenvalue weighted by atomic mass is 32.2. The minimum absolute atomic E-state index is 0.232. The van der Waals surface area contributed by atoms with Gasteiger partial charge in [-0.3, -0.25) is 9.10 Å². The molecule has 3 aromatic rings. The van der Waals surface area contributed by atoms with Gasteiger partial charge < -0.3 is 0 Å². The number of amides is 1. The van der Waals surface area contributed by atoms with Crippen LogP contribution in [0.15, 0.2) is 70.7 Å². The molecule has 3 aromatic carbocycles. The summed E-state index contributed by atoms with van der Waals surface area (Å²) in [5.74, 6) is -0.489. The average molecular weight is 407 g/mol. The van der Waals surface area contributed by atoms with Gasteiger partial charge in [-0.1, -0.05) is 61.0 Å². The minimum Gasteiger partial charge on any atom is -0.271 e. The van der Waals surface area contributed by atoms with Gasteiger partial charge in [0.1, 0.15) is 6.54 Å². The fraction of sp³-hybridized carbons (Fsp3) is 0.182. The molecule has 7 heteroatoms. The lowest BCUT2D eigenvalue weighted by Gasteiger charge is -2.17. The Kier molecular flexibility index (Phi) is 4.84. The van der Waals surface area contributed by atoms with E-state index in [2.05, 4.69) is 10.5 Å². The van der Waals surface area contributed by atoms with Gasteiger partial charge in [0.25, 0.3) is 15.9 Å². The molecule has 148 valence electrons. The molecule has 0 aromatic heterocycles. The third-order valence-electron chi connectivity index (χ3n) is 5.00. The second-order valence-corrected chi connectivity index (χ2v) is 8.79. The zero-order valence-electron chi connectivity index (χ0n) is 16.2. The number of hydrogen-bond donors (Lipinski definition) is 1. The summed E-state index contributed by atoms with van der Waals surface area (Å²) in [6.45, 7) is 3.63. The number of carbonyl (C=O) groups excluding carboxylic acids is 1. The second kappa shape index (κ2) is 7.33. The molecule has 0 bridgehead atoms. The van der Waals surface area contributed by atoms with Crippen LogP contribution in [0.2, 0.25) is 0 Å². The first-order valence-corrected chi connectivity index (χ1v) is 10.8. The van der Waals surface area contributed by atoms with E-state index in [9.17, 15) is 13.2 Å². The lowest BCUT2D eigenvalue weighted by molar-refractivity contribution is -0.119. The topological polar surface area (TPSA) is 78.8 Å². The van der Waals surface area contributed by atoms with Crippen LogP contribution >= 0.6 is 0 Å². The maximum atomic E-state index is 13.0. The summed E-state index contributed by atoms with van der Waals surface area (Å²) in [7, 11) is -3.77. The van der Waals surface area contributed by atoms with Crippen molar-refractivity contribution >= 4 is 38.1 Å². The number of benzene rings is 3. The number of hydrogen-bond acceptors (Lipinski definition) is 4. The summed E-state index contributed by atoms with van der Waals surface area (Å²) in [4.78, 5) is 12.8. The Hall–Kier alpha value is -3.19. The molecule has 0 fully saturated rings. The van der Waals surface area contributed by atoms with Gasteiger partial charge in [-0.25, -0.2) is 13.8 Å². The van der Waals surface area contributed by atoms with Crippen molar-refractivity contribution in [1.29, 1.82) is 0 Å². The average Bonchev–Trinajstić information content (AvgIpc) is 2.93. The zero-order valence-corrected chi connectivity index (χ0v) is 17.0. The predicted molar refractivity (Wildman–Crippen MR) is 115 cm³/mol. The van der Waals surface area contributed by atoms with E-state index in [4.69, 9.17) is 0 Å². The number of rotatable bonds is 5. The molecule has 0 atom stereocenters. The number of anilines is 1. The Morgan fingerprint density at radius 2 is 1.72 bits per heavy atom. The lowest BCUT2D eigenvalue weighted by Crippen LogP contribution is -2.37. The van der Waals surface area contributed by atoms with Crippen molar-refractivity contribution in [2.24, 2.45) is 5.10 Å². The van der Waals surface area contributed by atoms with Gasteiger partial charge >= 0.3 is 0 Å². The van der Waals surface area contributed by atoms with Crippen LogP contribution in [0.25, 0.3) is 10.8 Å². The highest BCUT2D eigenvalue weighted by molar-refractivity contribution is 7.93. The molecule has 1 aliphatic rings. The first-order chi connectivity index (χ1) is 13.9. The van der Waals surface area contributed by atoms with E-state index < -0.39 is 15.9 Å². The van der Waals surface area contributed by atoms with Crippen LogP contribution in [0.5, 0.6) is 0 Å². The molecule has 1 N–H and O–H groups in total. The first-order valence-electron chi connectivity index (χ1n) is 9.38.